The highest BCUT2D eigenvalue weighted by atomic mass is 15.3. The molecule has 1 saturated carbocycles. The van der Waals surface area contributed by atoms with Crippen molar-refractivity contribution in [1.29, 1.82) is 0 Å². The molecule has 1 saturated heterocycles. The summed E-state index contributed by atoms with van der Waals surface area (Å²) in [4.78, 5) is 5.38. The van der Waals surface area contributed by atoms with E-state index in [0.717, 1.165) is 18.6 Å². The van der Waals surface area contributed by atoms with Crippen LogP contribution >= 0.6 is 0 Å². The maximum absolute atomic E-state index is 3.41. The molecule has 0 spiro atoms. The van der Waals surface area contributed by atoms with Crippen LogP contribution in [-0.4, -0.2) is 61.7 Å². The van der Waals surface area contributed by atoms with Crippen molar-refractivity contribution in [2.24, 2.45) is 0 Å². The lowest BCUT2D eigenvalue weighted by atomic mass is 9.91. The molecule has 2 rings (SSSR count). The molecule has 0 aromatic rings. The van der Waals surface area contributed by atoms with Gasteiger partial charge in [0.25, 0.3) is 0 Å². The van der Waals surface area contributed by atoms with E-state index in [1.54, 1.807) is 0 Å². The van der Waals surface area contributed by atoms with E-state index in [4.69, 9.17) is 0 Å². The van der Waals surface area contributed by atoms with Crippen molar-refractivity contribution >= 4 is 0 Å². The lowest BCUT2D eigenvalue weighted by molar-refractivity contribution is 0.0667. The van der Waals surface area contributed by atoms with Gasteiger partial charge in [-0.3, -0.25) is 4.90 Å². The van der Waals surface area contributed by atoms with Crippen molar-refractivity contribution in [2.75, 3.05) is 33.7 Å². The van der Waals surface area contributed by atoms with Crippen LogP contribution in [-0.2, 0) is 0 Å². The Balaban J connectivity index is 2.08. The highest BCUT2D eigenvalue weighted by Gasteiger charge is 2.33. The van der Waals surface area contributed by atoms with E-state index >= 15 is 0 Å². The number of nitrogens with zero attached hydrogens (tertiary/aromatic N) is 2. The van der Waals surface area contributed by atoms with Crippen LogP contribution in [0.3, 0.4) is 0 Å². The zero-order valence-corrected chi connectivity index (χ0v) is 12.5. The van der Waals surface area contributed by atoms with Crippen LogP contribution in [0.5, 0.6) is 0 Å². The highest BCUT2D eigenvalue weighted by molar-refractivity contribution is 4.90. The van der Waals surface area contributed by atoms with Crippen LogP contribution in [0.15, 0.2) is 0 Å². The van der Waals surface area contributed by atoms with Crippen molar-refractivity contribution in [2.45, 2.75) is 63.6 Å². The number of rotatable bonds is 3. The summed E-state index contributed by atoms with van der Waals surface area (Å²) in [5.41, 5.74) is 0. The minimum atomic E-state index is 0.695. The summed E-state index contributed by atoms with van der Waals surface area (Å²) in [7, 11) is 4.37. The lowest BCUT2D eigenvalue weighted by Crippen LogP contribution is -2.53. The second-order valence-electron chi connectivity index (χ2n) is 6.35. The summed E-state index contributed by atoms with van der Waals surface area (Å²) in [5, 5.41) is 3.41. The Labute approximate surface area is 113 Å². The Kier molecular flexibility index (Phi) is 5.46. The second-order valence-corrected chi connectivity index (χ2v) is 6.35. The van der Waals surface area contributed by atoms with Gasteiger partial charge in [0.05, 0.1) is 0 Å². The van der Waals surface area contributed by atoms with Gasteiger partial charge in [0.2, 0.25) is 0 Å². The molecule has 0 bridgehead atoms. The van der Waals surface area contributed by atoms with Crippen LogP contribution in [0.25, 0.3) is 0 Å². The number of nitrogens with one attached hydrogen (secondary N) is 1. The average molecular weight is 253 g/mol. The number of hydrogen-bond donors (Lipinski definition) is 1. The van der Waals surface area contributed by atoms with Gasteiger partial charge in [-0.05, 0) is 46.8 Å². The third-order valence-electron chi connectivity index (χ3n) is 4.82. The van der Waals surface area contributed by atoms with Crippen LogP contribution < -0.4 is 5.32 Å². The summed E-state index contributed by atoms with van der Waals surface area (Å²) in [6, 6.07) is 2.29. The van der Waals surface area contributed by atoms with Gasteiger partial charge < -0.3 is 10.2 Å². The van der Waals surface area contributed by atoms with Gasteiger partial charge in [0.1, 0.15) is 0 Å². The molecule has 0 aromatic heterocycles. The maximum Gasteiger partial charge on any atom is 0.0353 e. The van der Waals surface area contributed by atoms with Crippen LogP contribution in [0, 0.1) is 0 Å². The fraction of sp³-hybridized carbons (Fsp3) is 1.00. The molecule has 2 aliphatic rings. The number of hydrogen-bond acceptors (Lipinski definition) is 3. The molecule has 1 heterocycles. The summed E-state index contributed by atoms with van der Waals surface area (Å²) >= 11 is 0. The molecule has 2 fully saturated rings. The zero-order valence-electron chi connectivity index (χ0n) is 12.5. The molecule has 3 heteroatoms. The zero-order chi connectivity index (χ0) is 13.0. The van der Waals surface area contributed by atoms with Crippen LogP contribution in [0.4, 0.5) is 0 Å². The summed E-state index contributed by atoms with van der Waals surface area (Å²) < 4.78 is 0. The third-order valence-corrected chi connectivity index (χ3v) is 4.82. The van der Waals surface area contributed by atoms with Gasteiger partial charge in [0, 0.05) is 31.2 Å². The smallest absolute Gasteiger partial charge is 0.0353 e. The summed E-state index contributed by atoms with van der Waals surface area (Å²) in [5.74, 6) is 0. The van der Waals surface area contributed by atoms with Gasteiger partial charge in [-0.2, -0.15) is 0 Å². The summed E-state index contributed by atoms with van der Waals surface area (Å²) in [6.07, 6.45) is 8.51. The first kappa shape index (κ1) is 14.3. The Morgan fingerprint density at radius 1 is 1.11 bits per heavy atom. The van der Waals surface area contributed by atoms with Crippen molar-refractivity contribution in [3.8, 4) is 0 Å². The van der Waals surface area contributed by atoms with Gasteiger partial charge >= 0.3 is 0 Å². The lowest BCUT2D eigenvalue weighted by Gasteiger charge is -2.42. The Morgan fingerprint density at radius 2 is 1.83 bits per heavy atom. The molecule has 3 nitrogen and oxygen atoms in total. The van der Waals surface area contributed by atoms with E-state index in [1.807, 2.05) is 0 Å². The van der Waals surface area contributed by atoms with Gasteiger partial charge in [-0.25, -0.2) is 0 Å². The monoisotopic (exact) mass is 253 g/mol. The van der Waals surface area contributed by atoms with Crippen LogP contribution in [0.2, 0.25) is 0 Å². The van der Waals surface area contributed by atoms with Crippen molar-refractivity contribution in [1.82, 2.24) is 15.1 Å². The van der Waals surface area contributed by atoms with E-state index in [9.17, 15) is 0 Å². The van der Waals surface area contributed by atoms with E-state index in [2.05, 4.69) is 36.1 Å². The van der Waals surface area contributed by atoms with Gasteiger partial charge in [-0.1, -0.05) is 19.3 Å². The highest BCUT2D eigenvalue weighted by Crippen LogP contribution is 2.28. The van der Waals surface area contributed by atoms with E-state index < -0.39 is 0 Å². The van der Waals surface area contributed by atoms with E-state index in [0.29, 0.717) is 6.04 Å². The molecular weight excluding hydrogens is 222 g/mol. The predicted molar refractivity (Wildman–Crippen MR) is 78.0 cm³/mol. The molecule has 1 N–H and O–H groups in total. The molecule has 106 valence electrons. The van der Waals surface area contributed by atoms with Crippen molar-refractivity contribution in [3.63, 3.8) is 0 Å². The molecule has 0 radical (unpaired) electrons. The Bertz CT molecular complexity index is 238. The quantitative estimate of drug-likeness (QED) is 0.829. The first-order chi connectivity index (χ1) is 8.72. The first-order valence-corrected chi connectivity index (χ1v) is 7.83. The predicted octanol–water partition coefficient (Wildman–Crippen LogP) is 1.93. The third kappa shape index (κ3) is 3.46. The van der Waals surface area contributed by atoms with Gasteiger partial charge in [0.15, 0.2) is 0 Å². The Hall–Kier alpha value is -0.120. The average Bonchev–Trinajstić information content (AvgIpc) is 2.51. The second kappa shape index (κ2) is 6.88. The van der Waals surface area contributed by atoms with E-state index in [1.165, 1.54) is 51.6 Å². The minimum Gasteiger partial charge on any atom is -0.318 e. The molecule has 0 aromatic carbocycles. The Morgan fingerprint density at radius 3 is 2.50 bits per heavy atom. The molecule has 1 aliphatic heterocycles. The van der Waals surface area contributed by atoms with Crippen molar-refractivity contribution in [3.05, 3.63) is 0 Å². The maximum atomic E-state index is 3.41. The van der Waals surface area contributed by atoms with Gasteiger partial charge in [-0.15, -0.1) is 0 Å². The fourth-order valence-electron chi connectivity index (χ4n) is 3.90. The molecular formula is C15H31N3. The SMILES string of the molecule is CNCC1CN(C)CCC(C)N1C1CCCCC1. The standard InChI is InChI=1S/C15H31N3/c1-13-9-10-17(3)12-15(11-16-2)18(13)14-7-5-4-6-8-14/h13-16H,4-12H2,1-3H3. The first-order valence-electron chi connectivity index (χ1n) is 7.83. The topological polar surface area (TPSA) is 18.5 Å². The van der Waals surface area contributed by atoms with Crippen molar-refractivity contribution < 1.29 is 0 Å². The molecule has 2 unspecified atom stereocenters. The normalized spacial score (nSPS) is 33.5. The van der Waals surface area contributed by atoms with E-state index in [-0.39, 0.29) is 0 Å². The molecule has 2 atom stereocenters. The number of likely N-dealkylation sites (N-methyl/N-ethyl adjacent to an activating group) is 2. The largest absolute Gasteiger partial charge is 0.318 e. The molecule has 0 amide bonds. The van der Waals surface area contributed by atoms with Crippen LogP contribution in [0.1, 0.15) is 45.4 Å². The molecule has 1 aliphatic carbocycles. The fourth-order valence-corrected chi connectivity index (χ4v) is 3.90. The summed E-state index contributed by atoms with van der Waals surface area (Å²) in [6.45, 7) is 6.05. The minimum absolute atomic E-state index is 0.695. The molecule has 18 heavy (non-hydrogen) atoms.